The van der Waals surface area contributed by atoms with Crippen LogP contribution in [-0.2, 0) is 4.79 Å². The molecule has 2 aromatic rings. The van der Waals surface area contributed by atoms with Crippen molar-refractivity contribution >= 4 is 45.6 Å². The number of hydrogen-bond donors (Lipinski definition) is 2. The van der Waals surface area contributed by atoms with E-state index in [1.54, 1.807) is 11.3 Å². The maximum atomic E-state index is 12.9. The summed E-state index contributed by atoms with van der Waals surface area (Å²) in [5.41, 5.74) is 0. The minimum absolute atomic E-state index is 0. The summed E-state index contributed by atoms with van der Waals surface area (Å²) in [6.45, 7) is 3.12. The van der Waals surface area contributed by atoms with Gasteiger partial charge in [0.25, 0.3) is 5.91 Å². The minimum Gasteiger partial charge on any atom is -0.354 e. The number of rotatable bonds is 4. The highest BCUT2D eigenvalue weighted by molar-refractivity contribution is 7.20. The fraction of sp³-hybridized carbons (Fsp3) is 0.500. The molecule has 0 saturated carbocycles. The predicted octanol–water partition coefficient (Wildman–Crippen LogP) is 3.04. The Morgan fingerprint density at radius 1 is 1.22 bits per heavy atom. The average Bonchev–Trinajstić information content (AvgIpc) is 3.35. The van der Waals surface area contributed by atoms with Crippen LogP contribution in [0.25, 0.3) is 10.1 Å². The fourth-order valence-electron chi connectivity index (χ4n) is 3.94. The zero-order chi connectivity index (χ0) is 17.9. The summed E-state index contributed by atoms with van der Waals surface area (Å²) >= 11 is 1.57. The van der Waals surface area contributed by atoms with Crippen molar-refractivity contribution in [2.45, 2.75) is 31.7 Å². The molecule has 0 spiro atoms. The number of fused-ring (bicyclic) bond motifs is 1. The van der Waals surface area contributed by atoms with Gasteiger partial charge in [0.2, 0.25) is 5.91 Å². The number of benzene rings is 1. The normalized spacial score (nSPS) is 22.4. The molecular weight excluding hydrogens is 382 g/mol. The van der Waals surface area contributed by atoms with Crippen molar-refractivity contribution in [2.75, 3.05) is 26.2 Å². The number of carbonyl (C=O) groups is 2. The van der Waals surface area contributed by atoms with Gasteiger partial charge in [-0.25, -0.2) is 0 Å². The smallest absolute Gasteiger partial charge is 0.263 e. The van der Waals surface area contributed by atoms with Gasteiger partial charge in [0, 0.05) is 24.3 Å². The summed E-state index contributed by atoms with van der Waals surface area (Å²) < 4.78 is 1.15. The van der Waals surface area contributed by atoms with Crippen molar-refractivity contribution in [2.24, 2.45) is 5.92 Å². The van der Waals surface area contributed by atoms with Crippen molar-refractivity contribution in [1.29, 1.82) is 0 Å². The molecule has 1 aromatic heterocycles. The Kier molecular flexibility index (Phi) is 6.73. The van der Waals surface area contributed by atoms with E-state index in [2.05, 4.69) is 16.7 Å². The average molecular weight is 408 g/mol. The molecule has 1 aromatic carbocycles. The zero-order valence-corrected chi connectivity index (χ0v) is 16.9. The Morgan fingerprint density at radius 3 is 2.85 bits per heavy atom. The first-order valence-electron chi connectivity index (χ1n) is 9.49. The van der Waals surface area contributed by atoms with Gasteiger partial charge in [0.05, 0.1) is 10.9 Å². The SMILES string of the molecule is Cl.O=C(NCC1CCCN(C(=O)c2cc3ccccc3s2)C1)C1CCCN1. The molecule has 27 heavy (non-hydrogen) atoms. The summed E-state index contributed by atoms with van der Waals surface area (Å²) in [6, 6.07) is 10.1. The summed E-state index contributed by atoms with van der Waals surface area (Å²) in [4.78, 5) is 27.8. The predicted molar refractivity (Wildman–Crippen MR) is 112 cm³/mol. The lowest BCUT2D eigenvalue weighted by Crippen LogP contribution is -2.46. The van der Waals surface area contributed by atoms with Gasteiger partial charge in [-0.05, 0) is 55.7 Å². The molecule has 2 aliphatic rings. The molecule has 2 aliphatic heterocycles. The van der Waals surface area contributed by atoms with Crippen molar-refractivity contribution in [3.05, 3.63) is 35.2 Å². The largest absolute Gasteiger partial charge is 0.354 e. The second-order valence-corrected chi connectivity index (χ2v) is 8.39. The van der Waals surface area contributed by atoms with E-state index >= 15 is 0 Å². The van der Waals surface area contributed by atoms with Gasteiger partial charge in [-0.2, -0.15) is 0 Å². The molecular formula is C20H26ClN3O2S. The van der Waals surface area contributed by atoms with Gasteiger partial charge >= 0.3 is 0 Å². The second kappa shape index (κ2) is 9.04. The van der Waals surface area contributed by atoms with Crippen LogP contribution in [0.15, 0.2) is 30.3 Å². The lowest BCUT2D eigenvalue weighted by Gasteiger charge is -2.32. The zero-order valence-electron chi connectivity index (χ0n) is 15.3. The molecule has 2 amide bonds. The number of nitrogens with one attached hydrogen (secondary N) is 2. The monoisotopic (exact) mass is 407 g/mol. The Morgan fingerprint density at radius 2 is 2.07 bits per heavy atom. The third kappa shape index (κ3) is 4.62. The number of amides is 2. The molecule has 4 rings (SSSR count). The minimum atomic E-state index is -0.0325. The highest BCUT2D eigenvalue weighted by Crippen LogP contribution is 2.27. The summed E-state index contributed by atoms with van der Waals surface area (Å²) in [6.07, 6.45) is 4.05. The van der Waals surface area contributed by atoms with Crippen LogP contribution in [0.5, 0.6) is 0 Å². The Hall–Kier alpha value is -1.63. The molecule has 3 heterocycles. The standard InChI is InChI=1S/C20H25N3O2S.ClH/c24-19(16-7-3-9-21-16)22-12-14-5-4-10-23(13-14)20(25)18-11-15-6-1-2-8-17(15)26-18;/h1-2,6,8,11,14,16,21H,3-5,7,9-10,12-13H2,(H,22,24);1H. The number of nitrogens with zero attached hydrogens (tertiary/aromatic N) is 1. The number of halogens is 1. The van der Waals surface area contributed by atoms with Crippen LogP contribution in [0.3, 0.4) is 0 Å². The molecule has 2 fully saturated rings. The van der Waals surface area contributed by atoms with Gasteiger partial charge in [0.15, 0.2) is 0 Å². The van der Waals surface area contributed by atoms with Crippen LogP contribution >= 0.6 is 23.7 Å². The van der Waals surface area contributed by atoms with Crippen molar-refractivity contribution in [3.63, 3.8) is 0 Å². The van der Waals surface area contributed by atoms with E-state index in [9.17, 15) is 9.59 Å². The first-order valence-corrected chi connectivity index (χ1v) is 10.3. The van der Waals surface area contributed by atoms with E-state index in [4.69, 9.17) is 0 Å². The molecule has 0 radical (unpaired) electrons. The van der Waals surface area contributed by atoms with Crippen molar-refractivity contribution in [1.82, 2.24) is 15.5 Å². The summed E-state index contributed by atoms with van der Waals surface area (Å²) in [7, 11) is 0. The molecule has 5 nitrogen and oxygen atoms in total. The molecule has 2 saturated heterocycles. The molecule has 7 heteroatoms. The maximum absolute atomic E-state index is 12.9. The number of likely N-dealkylation sites (tertiary alicyclic amines) is 1. The lowest BCUT2D eigenvalue weighted by atomic mass is 9.97. The van der Waals surface area contributed by atoms with Gasteiger partial charge in [-0.3, -0.25) is 9.59 Å². The molecule has 0 bridgehead atoms. The second-order valence-electron chi connectivity index (χ2n) is 7.30. The van der Waals surface area contributed by atoms with E-state index in [1.165, 1.54) is 0 Å². The molecule has 0 aliphatic carbocycles. The van der Waals surface area contributed by atoms with E-state index in [0.717, 1.165) is 60.3 Å². The van der Waals surface area contributed by atoms with E-state index in [1.807, 2.05) is 29.2 Å². The summed E-state index contributed by atoms with van der Waals surface area (Å²) in [5, 5.41) is 7.44. The van der Waals surface area contributed by atoms with Gasteiger partial charge in [-0.15, -0.1) is 23.7 Å². The van der Waals surface area contributed by atoms with Crippen molar-refractivity contribution in [3.8, 4) is 0 Å². The Labute approximate surface area is 169 Å². The van der Waals surface area contributed by atoms with Gasteiger partial charge in [0.1, 0.15) is 0 Å². The van der Waals surface area contributed by atoms with Crippen LogP contribution in [0, 0.1) is 5.92 Å². The number of hydrogen-bond acceptors (Lipinski definition) is 4. The third-order valence-electron chi connectivity index (χ3n) is 5.38. The fourth-order valence-corrected chi connectivity index (χ4v) is 4.97. The van der Waals surface area contributed by atoms with Crippen LogP contribution in [0.1, 0.15) is 35.4 Å². The first kappa shape index (κ1) is 20.1. The number of thiophene rings is 1. The van der Waals surface area contributed by atoms with Gasteiger partial charge in [-0.1, -0.05) is 18.2 Å². The highest BCUT2D eigenvalue weighted by Gasteiger charge is 2.27. The quantitative estimate of drug-likeness (QED) is 0.818. The molecule has 2 N–H and O–H groups in total. The Balaban J connectivity index is 0.00000210. The van der Waals surface area contributed by atoms with E-state index < -0.39 is 0 Å². The van der Waals surface area contributed by atoms with Gasteiger partial charge < -0.3 is 15.5 Å². The third-order valence-corrected chi connectivity index (χ3v) is 6.49. The van der Waals surface area contributed by atoms with Crippen molar-refractivity contribution < 1.29 is 9.59 Å². The van der Waals surface area contributed by atoms with Crippen LogP contribution in [-0.4, -0.2) is 48.9 Å². The van der Waals surface area contributed by atoms with Crippen LogP contribution in [0.2, 0.25) is 0 Å². The maximum Gasteiger partial charge on any atom is 0.263 e. The van der Waals surface area contributed by atoms with E-state index in [0.29, 0.717) is 12.5 Å². The summed E-state index contributed by atoms with van der Waals surface area (Å²) in [5.74, 6) is 0.572. The first-order chi connectivity index (χ1) is 12.7. The topological polar surface area (TPSA) is 61.4 Å². The number of carbonyl (C=O) groups excluding carboxylic acids is 2. The highest BCUT2D eigenvalue weighted by atomic mass is 35.5. The Bertz CT molecular complexity index is 770. The van der Waals surface area contributed by atoms with Crippen LogP contribution in [0.4, 0.5) is 0 Å². The lowest BCUT2D eigenvalue weighted by molar-refractivity contribution is -0.123. The molecule has 2 unspecified atom stereocenters. The molecule has 2 atom stereocenters. The van der Waals surface area contributed by atoms with Crippen LogP contribution < -0.4 is 10.6 Å². The van der Waals surface area contributed by atoms with E-state index in [-0.39, 0.29) is 30.3 Å². The molecule has 146 valence electrons. The number of piperidine rings is 1.